The minimum atomic E-state index is -0.245. The first-order valence-corrected chi connectivity index (χ1v) is 6.19. The van der Waals surface area contributed by atoms with Gasteiger partial charge in [0.05, 0.1) is 6.61 Å². The van der Waals surface area contributed by atoms with Crippen molar-refractivity contribution in [2.24, 2.45) is 11.3 Å². The van der Waals surface area contributed by atoms with Crippen LogP contribution in [0.4, 0.5) is 0 Å². The Morgan fingerprint density at radius 1 is 1.44 bits per heavy atom. The minimum absolute atomic E-state index is 0.245. The van der Waals surface area contributed by atoms with E-state index in [9.17, 15) is 4.79 Å². The summed E-state index contributed by atoms with van der Waals surface area (Å²) in [6.07, 6.45) is 2.68. The molecule has 0 atom stereocenters. The fourth-order valence-corrected chi connectivity index (χ4v) is 1.62. The molecule has 0 bridgehead atoms. The maximum Gasteiger partial charge on any atom is 0.136 e. The largest absolute Gasteiger partial charge is 0.380 e. The first kappa shape index (κ1) is 13.7. The van der Waals surface area contributed by atoms with E-state index in [-0.39, 0.29) is 11.2 Å². The summed E-state index contributed by atoms with van der Waals surface area (Å²) in [5.74, 6) is 1.08. The van der Waals surface area contributed by atoms with Gasteiger partial charge in [-0.15, -0.1) is 0 Å². The first-order valence-electron chi connectivity index (χ1n) is 6.19. The van der Waals surface area contributed by atoms with Crippen LogP contribution >= 0.6 is 0 Å². The molecule has 1 rings (SSSR count). The number of likely N-dealkylation sites (N-methyl/N-ethyl adjacent to an activating group) is 1. The molecule has 0 saturated heterocycles. The van der Waals surface area contributed by atoms with Crippen molar-refractivity contribution in [2.45, 2.75) is 33.6 Å². The standard InChI is InChI=1S/C13H25NO2/c1-11(15)13(2,3)10-14(4)7-8-16-9-12-5-6-12/h12H,5-10H2,1-4H3. The van der Waals surface area contributed by atoms with Crippen molar-refractivity contribution >= 4 is 5.78 Å². The van der Waals surface area contributed by atoms with Gasteiger partial charge in [-0.1, -0.05) is 13.8 Å². The van der Waals surface area contributed by atoms with Gasteiger partial charge in [0, 0.05) is 25.1 Å². The maximum absolute atomic E-state index is 11.4. The number of nitrogens with zero attached hydrogens (tertiary/aromatic N) is 1. The van der Waals surface area contributed by atoms with Gasteiger partial charge in [0.1, 0.15) is 5.78 Å². The highest BCUT2D eigenvalue weighted by Crippen LogP contribution is 2.28. The number of ether oxygens (including phenoxy) is 1. The third-order valence-corrected chi connectivity index (χ3v) is 3.29. The first-order chi connectivity index (χ1) is 7.42. The molecule has 0 unspecified atom stereocenters. The molecule has 3 nitrogen and oxygen atoms in total. The Hall–Kier alpha value is -0.410. The van der Waals surface area contributed by atoms with Crippen LogP contribution in [0.1, 0.15) is 33.6 Å². The third kappa shape index (κ3) is 5.08. The average Bonchev–Trinajstić information content (AvgIpc) is 2.95. The number of hydrogen-bond donors (Lipinski definition) is 0. The lowest BCUT2D eigenvalue weighted by molar-refractivity contribution is -0.125. The van der Waals surface area contributed by atoms with Crippen molar-refractivity contribution in [2.75, 3.05) is 33.4 Å². The minimum Gasteiger partial charge on any atom is -0.380 e. The summed E-state index contributed by atoms with van der Waals surface area (Å²) >= 11 is 0. The van der Waals surface area contributed by atoms with E-state index in [0.29, 0.717) is 0 Å². The predicted octanol–water partition coefficient (Wildman–Crippen LogP) is 1.96. The number of rotatable bonds is 8. The zero-order valence-electron chi connectivity index (χ0n) is 11.1. The van der Waals surface area contributed by atoms with Crippen molar-refractivity contribution in [3.63, 3.8) is 0 Å². The van der Waals surface area contributed by atoms with E-state index in [1.54, 1.807) is 6.92 Å². The van der Waals surface area contributed by atoms with Crippen LogP contribution < -0.4 is 0 Å². The number of ketones is 1. The van der Waals surface area contributed by atoms with Gasteiger partial charge in [-0.2, -0.15) is 0 Å². The molecule has 1 saturated carbocycles. The molecular weight excluding hydrogens is 202 g/mol. The molecule has 1 fully saturated rings. The second-order valence-electron chi connectivity index (χ2n) is 5.70. The van der Waals surface area contributed by atoms with Crippen LogP contribution in [0.2, 0.25) is 0 Å². The highest BCUT2D eigenvalue weighted by molar-refractivity contribution is 5.81. The Bertz CT molecular complexity index is 234. The molecule has 0 aromatic carbocycles. The molecule has 0 aliphatic heterocycles. The lowest BCUT2D eigenvalue weighted by Crippen LogP contribution is -2.37. The van der Waals surface area contributed by atoms with Crippen LogP contribution in [-0.4, -0.2) is 44.0 Å². The Balaban J connectivity index is 2.08. The summed E-state index contributed by atoms with van der Waals surface area (Å²) < 4.78 is 5.58. The summed E-state index contributed by atoms with van der Waals surface area (Å²) in [5, 5.41) is 0. The van der Waals surface area contributed by atoms with Gasteiger partial charge in [-0.25, -0.2) is 0 Å². The molecule has 0 amide bonds. The van der Waals surface area contributed by atoms with Gasteiger partial charge < -0.3 is 9.64 Å². The monoisotopic (exact) mass is 227 g/mol. The van der Waals surface area contributed by atoms with Gasteiger partial charge in [0.15, 0.2) is 0 Å². The molecule has 16 heavy (non-hydrogen) atoms. The summed E-state index contributed by atoms with van der Waals surface area (Å²) in [5.41, 5.74) is -0.245. The highest BCUT2D eigenvalue weighted by atomic mass is 16.5. The number of carbonyl (C=O) groups excluding carboxylic acids is 1. The second-order valence-corrected chi connectivity index (χ2v) is 5.70. The normalized spacial score (nSPS) is 16.8. The molecule has 0 N–H and O–H groups in total. The predicted molar refractivity (Wildman–Crippen MR) is 65.5 cm³/mol. The van der Waals surface area contributed by atoms with Crippen molar-refractivity contribution in [1.82, 2.24) is 4.90 Å². The molecule has 1 aliphatic carbocycles. The van der Waals surface area contributed by atoms with Crippen molar-refractivity contribution in [3.8, 4) is 0 Å². The fraction of sp³-hybridized carbons (Fsp3) is 0.923. The van der Waals surface area contributed by atoms with Gasteiger partial charge in [0.2, 0.25) is 0 Å². The molecular formula is C13H25NO2. The number of carbonyl (C=O) groups is 1. The quantitative estimate of drug-likeness (QED) is 0.594. The highest BCUT2D eigenvalue weighted by Gasteiger charge is 2.25. The van der Waals surface area contributed by atoms with E-state index in [1.165, 1.54) is 12.8 Å². The van der Waals surface area contributed by atoms with E-state index in [1.807, 2.05) is 20.9 Å². The van der Waals surface area contributed by atoms with Crippen LogP contribution in [0, 0.1) is 11.3 Å². The van der Waals surface area contributed by atoms with Crippen LogP contribution in [0.5, 0.6) is 0 Å². The average molecular weight is 227 g/mol. The molecule has 3 heteroatoms. The van der Waals surface area contributed by atoms with Gasteiger partial charge in [-0.3, -0.25) is 4.79 Å². The number of hydrogen-bond acceptors (Lipinski definition) is 3. The van der Waals surface area contributed by atoms with Crippen molar-refractivity contribution in [3.05, 3.63) is 0 Å². The second kappa shape index (κ2) is 5.78. The molecule has 0 spiro atoms. The summed E-state index contributed by atoms with van der Waals surface area (Å²) in [7, 11) is 2.05. The molecule has 0 aromatic heterocycles. The lowest BCUT2D eigenvalue weighted by atomic mass is 9.88. The summed E-state index contributed by atoms with van der Waals surface area (Å²) in [6, 6.07) is 0. The van der Waals surface area contributed by atoms with E-state index >= 15 is 0 Å². The van der Waals surface area contributed by atoms with Crippen LogP contribution in [0.15, 0.2) is 0 Å². The lowest BCUT2D eigenvalue weighted by Gasteiger charge is -2.27. The Kier molecular flexibility index (Phi) is 4.93. The summed E-state index contributed by atoms with van der Waals surface area (Å²) in [6.45, 7) is 9.06. The topological polar surface area (TPSA) is 29.5 Å². The fourth-order valence-electron chi connectivity index (χ4n) is 1.62. The smallest absolute Gasteiger partial charge is 0.136 e. The van der Waals surface area contributed by atoms with Crippen LogP contribution in [0.25, 0.3) is 0 Å². The third-order valence-electron chi connectivity index (χ3n) is 3.29. The van der Waals surface area contributed by atoms with E-state index in [4.69, 9.17) is 4.74 Å². The Morgan fingerprint density at radius 2 is 2.06 bits per heavy atom. The van der Waals surface area contributed by atoms with Gasteiger partial charge in [-0.05, 0) is 32.7 Å². The van der Waals surface area contributed by atoms with Crippen LogP contribution in [0.3, 0.4) is 0 Å². The van der Waals surface area contributed by atoms with Crippen LogP contribution in [-0.2, 0) is 9.53 Å². The molecule has 94 valence electrons. The summed E-state index contributed by atoms with van der Waals surface area (Å²) in [4.78, 5) is 13.5. The number of Topliss-reactive ketones (excluding diaryl/α,β-unsaturated/α-hetero) is 1. The molecule has 0 aromatic rings. The van der Waals surface area contributed by atoms with Gasteiger partial charge in [0.25, 0.3) is 0 Å². The van der Waals surface area contributed by atoms with Crippen molar-refractivity contribution in [1.29, 1.82) is 0 Å². The van der Waals surface area contributed by atoms with Crippen molar-refractivity contribution < 1.29 is 9.53 Å². The van der Waals surface area contributed by atoms with E-state index < -0.39 is 0 Å². The molecule has 1 aliphatic rings. The van der Waals surface area contributed by atoms with E-state index in [0.717, 1.165) is 32.2 Å². The maximum atomic E-state index is 11.4. The Morgan fingerprint density at radius 3 is 2.56 bits per heavy atom. The SMILES string of the molecule is CC(=O)C(C)(C)CN(C)CCOCC1CC1. The zero-order valence-corrected chi connectivity index (χ0v) is 11.1. The Labute approximate surface area is 99.1 Å². The van der Waals surface area contributed by atoms with Gasteiger partial charge >= 0.3 is 0 Å². The zero-order chi connectivity index (χ0) is 12.2. The molecule has 0 radical (unpaired) electrons. The molecule has 0 heterocycles. The van der Waals surface area contributed by atoms with E-state index in [2.05, 4.69) is 4.90 Å².